The van der Waals surface area contributed by atoms with Crippen molar-refractivity contribution in [2.45, 2.75) is 19.0 Å². The largest absolute Gasteiger partial charge is 0.494 e. The van der Waals surface area contributed by atoms with Crippen molar-refractivity contribution >= 4 is 37.8 Å². The van der Waals surface area contributed by atoms with Crippen molar-refractivity contribution in [3.8, 4) is 5.75 Å². The predicted octanol–water partition coefficient (Wildman–Crippen LogP) is 2.20. The summed E-state index contributed by atoms with van der Waals surface area (Å²) < 4.78 is 7.08. The van der Waals surface area contributed by atoms with Gasteiger partial charge in [0.1, 0.15) is 5.75 Å². The Bertz CT molecular complexity index is 442. The molecule has 0 aromatic heterocycles. The van der Waals surface area contributed by atoms with Gasteiger partial charge in [-0.2, -0.15) is 0 Å². The van der Waals surface area contributed by atoms with Gasteiger partial charge in [-0.1, -0.05) is 0 Å². The summed E-state index contributed by atoms with van der Waals surface area (Å²) in [7, 11) is 1.64. The Balaban J connectivity index is 1.99. The molecule has 1 aromatic carbocycles. The van der Waals surface area contributed by atoms with Crippen molar-refractivity contribution < 1.29 is 9.53 Å². The van der Waals surface area contributed by atoms with Crippen LogP contribution in [0.1, 0.15) is 12.0 Å². The van der Waals surface area contributed by atoms with Gasteiger partial charge in [-0.25, -0.2) is 0 Å². The van der Waals surface area contributed by atoms with Gasteiger partial charge in [-0.15, -0.1) is 0 Å². The Hall–Kier alpha value is -0.590. The lowest BCUT2D eigenvalue weighted by molar-refractivity contribution is -0.119. The van der Waals surface area contributed by atoms with Gasteiger partial charge in [0.25, 0.3) is 0 Å². The standard InChI is InChI=1S/C12H14Br2N2O2/c1-18-12-9(13)2-7(3-10(12)14)5-15-8-4-11(17)16-6-8/h2-3,8,15H,4-6H2,1H3,(H,16,17). The second-order valence-corrected chi connectivity index (χ2v) is 5.89. The number of carbonyl (C=O) groups excluding carboxylic acids is 1. The molecule has 1 heterocycles. The lowest BCUT2D eigenvalue weighted by atomic mass is 10.2. The number of rotatable bonds is 4. The first-order valence-corrected chi connectivity index (χ1v) is 7.20. The fourth-order valence-corrected chi connectivity index (χ4v) is 3.53. The maximum absolute atomic E-state index is 11.1. The van der Waals surface area contributed by atoms with Gasteiger partial charge in [0.2, 0.25) is 5.91 Å². The summed E-state index contributed by atoms with van der Waals surface area (Å²) in [5.41, 5.74) is 1.13. The molecule has 1 amide bonds. The highest BCUT2D eigenvalue weighted by molar-refractivity contribution is 9.11. The minimum absolute atomic E-state index is 0.115. The molecule has 6 heteroatoms. The summed E-state index contributed by atoms with van der Waals surface area (Å²) in [6.07, 6.45) is 0.554. The van der Waals surface area contributed by atoms with Gasteiger partial charge in [0.05, 0.1) is 16.1 Å². The molecule has 1 saturated heterocycles. The zero-order valence-corrected chi connectivity index (χ0v) is 13.1. The normalized spacial score (nSPS) is 18.8. The third-order valence-corrected chi connectivity index (χ3v) is 4.01. The van der Waals surface area contributed by atoms with Crippen molar-refractivity contribution in [1.29, 1.82) is 0 Å². The van der Waals surface area contributed by atoms with E-state index in [0.717, 1.165) is 26.8 Å². The Labute approximate surface area is 123 Å². The molecule has 0 aliphatic carbocycles. The molecule has 1 aliphatic rings. The zero-order valence-electron chi connectivity index (χ0n) is 9.93. The quantitative estimate of drug-likeness (QED) is 0.845. The van der Waals surface area contributed by atoms with Crippen molar-refractivity contribution in [2.24, 2.45) is 0 Å². The molecule has 1 aliphatic heterocycles. The lowest BCUT2D eigenvalue weighted by Crippen LogP contribution is -2.30. The van der Waals surface area contributed by atoms with Crippen LogP contribution in [0.5, 0.6) is 5.75 Å². The molecule has 0 spiro atoms. The third kappa shape index (κ3) is 3.24. The maximum atomic E-state index is 11.1. The van der Waals surface area contributed by atoms with E-state index in [2.05, 4.69) is 42.5 Å². The first-order valence-electron chi connectivity index (χ1n) is 5.62. The van der Waals surface area contributed by atoms with Crippen molar-refractivity contribution in [2.75, 3.05) is 13.7 Å². The highest BCUT2D eigenvalue weighted by atomic mass is 79.9. The number of carbonyl (C=O) groups is 1. The van der Waals surface area contributed by atoms with Crippen molar-refractivity contribution in [3.63, 3.8) is 0 Å². The molecular formula is C12H14Br2N2O2. The molecule has 0 saturated carbocycles. The van der Waals surface area contributed by atoms with Crippen LogP contribution < -0.4 is 15.4 Å². The third-order valence-electron chi connectivity index (χ3n) is 2.83. The number of nitrogens with one attached hydrogen (secondary N) is 2. The van der Waals surface area contributed by atoms with Gasteiger partial charge in [-0.05, 0) is 49.6 Å². The number of ether oxygens (including phenoxy) is 1. The maximum Gasteiger partial charge on any atom is 0.221 e. The van der Waals surface area contributed by atoms with Crippen LogP contribution in [0.4, 0.5) is 0 Å². The Kier molecular flexibility index (Phi) is 4.64. The lowest BCUT2D eigenvalue weighted by Gasteiger charge is -2.12. The van der Waals surface area contributed by atoms with Crippen LogP contribution in [0.3, 0.4) is 0 Å². The van der Waals surface area contributed by atoms with Crippen molar-refractivity contribution in [3.05, 3.63) is 26.6 Å². The Morgan fingerprint density at radius 1 is 1.44 bits per heavy atom. The van der Waals surface area contributed by atoms with Crippen LogP contribution in [0, 0.1) is 0 Å². The molecule has 18 heavy (non-hydrogen) atoms. The van der Waals surface area contributed by atoms with Crippen LogP contribution in [-0.4, -0.2) is 25.6 Å². The number of hydrogen-bond donors (Lipinski definition) is 2. The van der Waals surface area contributed by atoms with E-state index in [9.17, 15) is 4.79 Å². The second kappa shape index (κ2) is 6.04. The molecule has 2 N–H and O–H groups in total. The number of halogens is 2. The van der Waals surface area contributed by atoms with E-state index in [1.54, 1.807) is 7.11 Å². The van der Waals surface area contributed by atoms with E-state index in [0.29, 0.717) is 13.0 Å². The molecular weight excluding hydrogens is 364 g/mol. The predicted molar refractivity (Wildman–Crippen MR) is 76.6 cm³/mol. The van der Waals surface area contributed by atoms with Gasteiger partial charge in [0, 0.05) is 25.6 Å². The summed E-state index contributed by atoms with van der Waals surface area (Å²) in [6.45, 7) is 1.43. The van der Waals surface area contributed by atoms with Crippen LogP contribution in [0.2, 0.25) is 0 Å². The topological polar surface area (TPSA) is 50.4 Å². The summed E-state index contributed by atoms with van der Waals surface area (Å²) in [5.74, 6) is 0.904. The second-order valence-electron chi connectivity index (χ2n) is 4.18. The fourth-order valence-electron chi connectivity index (χ4n) is 1.92. The highest BCUT2D eigenvalue weighted by Gasteiger charge is 2.20. The molecule has 1 aromatic rings. The van der Waals surface area contributed by atoms with Gasteiger partial charge in [-0.3, -0.25) is 4.79 Å². The average molecular weight is 378 g/mol. The molecule has 1 atom stereocenters. The van der Waals surface area contributed by atoms with Crippen LogP contribution in [-0.2, 0) is 11.3 Å². The fraction of sp³-hybridized carbons (Fsp3) is 0.417. The van der Waals surface area contributed by atoms with E-state index in [1.807, 2.05) is 12.1 Å². The number of benzene rings is 1. The molecule has 0 radical (unpaired) electrons. The molecule has 1 fully saturated rings. The monoisotopic (exact) mass is 376 g/mol. The molecule has 0 bridgehead atoms. The summed E-state index contributed by atoms with van der Waals surface area (Å²) >= 11 is 6.94. The first kappa shape index (κ1) is 13.8. The Morgan fingerprint density at radius 2 is 2.11 bits per heavy atom. The van der Waals surface area contributed by atoms with Crippen molar-refractivity contribution in [1.82, 2.24) is 10.6 Å². The zero-order chi connectivity index (χ0) is 13.1. The average Bonchev–Trinajstić information content (AvgIpc) is 2.72. The van der Waals surface area contributed by atoms with Gasteiger partial charge < -0.3 is 15.4 Å². The van der Waals surface area contributed by atoms with Crippen LogP contribution in [0.15, 0.2) is 21.1 Å². The number of hydrogen-bond acceptors (Lipinski definition) is 3. The molecule has 2 rings (SSSR count). The van der Waals surface area contributed by atoms with E-state index < -0.39 is 0 Å². The van der Waals surface area contributed by atoms with E-state index in [1.165, 1.54) is 0 Å². The molecule has 4 nitrogen and oxygen atoms in total. The van der Waals surface area contributed by atoms with E-state index in [4.69, 9.17) is 4.74 Å². The Morgan fingerprint density at radius 3 is 2.61 bits per heavy atom. The summed E-state index contributed by atoms with van der Waals surface area (Å²) in [5, 5.41) is 6.16. The smallest absolute Gasteiger partial charge is 0.221 e. The summed E-state index contributed by atoms with van der Waals surface area (Å²) in [4.78, 5) is 11.1. The van der Waals surface area contributed by atoms with Gasteiger partial charge in [0.15, 0.2) is 0 Å². The van der Waals surface area contributed by atoms with Crippen LogP contribution in [0.25, 0.3) is 0 Å². The highest BCUT2D eigenvalue weighted by Crippen LogP contribution is 2.34. The molecule has 98 valence electrons. The SMILES string of the molecule is COc1c(Br)cc(CNC2CNC(=O)C2)cc1Br. The minimum Gasteiger partial charge on any atom is -0.494 e. The van der Waals surface area contributed by atoms with Crippen LogP contribution >= 0.6 is 31.9 Å². The minimum atomic E-state index is 0.115. The number of amides is 1. The van der Waals surface area contributed by atoms with Gasteiger partial charge >= 0.3 is 0 Å². The van der Waals surface area contributed by atoms with E-state index >= 15 is 0 Å². The first-order chi connectivity index (χ1) is 8.60. The number of methoxy groups -OCH3 is 1. The molecule has 1 unspecified atom stereocenters. The summed E-state index contributed by atoms with van der Waals surface area (Å²) in [6, 6.07) is 4.25. The van der Waals surface area contributed by atoms with E-state index in [-0.39, 0.29) is 11.9 Å².